The van der Waals surface area contributed by atoms with Crippen molar-refractivity contribution in [3.63, 3.8) is 0 Å². The zero-order valence-corrected chi connectivity index (χ0v) is 10.6. The van der Waals surface area contributed by atoms with Gasteiger partial charge in [0.25, 0.3) is 0 Å². The van der Waals surface area contributed by atoms with Crippen molar-refractivity contribution in [1.29, 1.82) is 0 Å². The van der Waals surface area contributed by atoms with Crippen molar-refractivity contribution in [2.24, 2.45) is 0 Å². The van der Waals surface area contributed by atoms with Crippen molar-refractivity contribution in [3.8, 4) is 5.75 Å². The molecule has 1 aromatic carbocycles. The largest absolute Gasteiger partial charge is 0.508 e. The summed E-state index contributed by atoms with van der Waals surface area (Å²) >= 11 is 0. The van der Waals surface area contributed by atoms with E-state index in [1.165, 1.54) is 57.3 Å². The van der Waals surface area contributed by atoms with Crippen molar-refractivity contribution >= 4 is 0 Å². The van der Waals surface area contributed by atoms with Crippen molar-refractivity contribution in [2.75, 3.05) is 19.6 Å². The van der Waals surface area contributed by atoms with E-state index in [4.69, 9.17) is 0 Å². The number of benzene rings is 1. The molecule has 1 aliphatic heterocycles. The van der Waals surface area contributed by atoms with Gasteiger partial charge in [-0.1, -0.05) is 25.0 Å². The Bertz CT molecular complexity index is 329. The Morgan fingerprint density at radius 2 is 1.82 bits per heavy atom. The zero-order chi connectivity index (χ0) is 11.9. The normalized spacial score (nSPS) is 17.9. The molecular formula is C15H23NO. The molecule has 1 aliphatic rings. The maximum atomic E-state index is 9.39. The fraction of sp³-hybridized carbons (Fsp3) is 0.600. The number of phenols is 1. The van der Waals surface area contributed by atoms with Crippen LogP contribution in [0.4, 0.5) is 0 Å². The lowest BCUT2D eigenvalue weighted by Gasteiger charge is -2.19. The highest BCUT2D eigenvalue weighted by atomic mass is 16.3. The topological polar surface area (TPSA) is 23.5 Å². The summed E-state index contributed by atoms with van der Waals surface area (Å²) in [5.41, 5.74) is 1.25. The predicted octanol–water partition coefficient (Wildman–Crippen LogP) is 3.20. The van der Waals surface area contributed by atoms with Crippen LogP contribution in [0, 0.1) is 0 Å². The standard InChI is InChI=1S/C15H23NO/c17-15-9-5-7-14(13-15)8-6-12-16-10-3-1-2-4-11-16/h5,7,9,13,17H,1-4,6,8,10-12H2. The van der Waals surface area contributed by atoms with Gasteiger partial charge < -0.3 is 10.0 Å². The van der Waals surface area contributed by atoms with Gasteiger partial charge in [-0.2, -0.15) is 0 Å². The molecule has 0 radical (unpaired) electrons. The fourth-order valence-electron chi connectivity index (χ4n) is 2.58. The molecule has 1 N–H and O–H groups in total. The third kappa shape index (κ3) is 4.39. The Balaban J connectivity index is 1.71. The Kier molecular flexibility index (Phi) is 4.87. The van der Waals surface area contributed by atoms with Crippen LogP contribution in [0.15, 0.2) is 24.3 Å². The maximum absolute atomic E-state index is 9.39. The van der Waals surface area contributed by atoms with Crippen LogP contribution in [0.5, 0.6) is 5.75 Å². The lowest BCUT2D eigenvalue weighted by atomic mass is 10.1. The molecule has 1 saturated heterocycles. The molecule has 1 fully saturated rings. The molecule has 0 aliphatic carbocycles. The van der Waals surface area contributed by atoms with E-state index in [0.29, 0.717) is 5.75 Å². The highest BCUT2D eigenvalue weighted by molar-refractivity contribution is 5.27. The summed E-state index contributed by atoms with van der Waals surface area (Å²) in [6, 6.07) is 7.64. The van der Waals surface area contributed by atoms with E-state index in [1.807, 2.05) is 12.1 Å². The minimum atomic E-state index is 0.386. The van der Waals surface area contributed by atoms with Crippen LogP contribution in [0.25, 0.3) is 0 Å². The van der Waals surface area contributed by atoms with Crippen LogP contribution in [0.3, 0.4) is 0 Å². The monoisotopic (exact) mass is 233 g/mol. The number of nitrogens with zero attached hydrogens (tertiary/aromatic N) is 1. The first-order chi connectivity index (χ1) is 8.34. The summed E-state index contributed by atoms with van der Waals surface area (Å²) in [5.74, 6) is 0.386. The summed E-state index contributed by atoms with van der Waals surface area (Å²) in [4.78, 5) is 2.59. The highest BCUT2D eigenvalue weighted by Gasteiger charge is 2.08. The van der Waals surface area contributed by atoms with Crippen molar-refractivity contribution in [2.45, 2.75) is 38.5 Å². The highest BCUT2D eigenvalue weighted by Crippen LogP contribution is 2.14. The SMILES string of the molecule is Oc1cccc(CCCN2CCCCCC2)c1. The van der Waals surface area contributed by atoms with Gasteiger partial charge in [-0.3, -0.25) is 0 Å². The van der Waals surface area contributed by atoms with Gasteiger partial charge in [-0.05, 0) is 63.0 Å². The first-order valence-corrected chi connectivity index (χ1v) is 6.85. The molecule has 2 rings (SSSR count). The molecule has 1 heterocycles. The third-order valence-corrected chi connectivity index (χ3v) is 3.55. The Labute approximate surface area is 104 Å². The van der Waals surface area contributed by atoms with E-state index in [0.717, 1.165) is 6.42 Å². The quantitative estimate of drug-likeness (QED) is 0.863. The molecule has 1 aromatic rings. The number of hydrogen-bond donors (Lipinski definition) is 1. The van der Waals surface area contributed by atoms with E-state index in [-0.39, 0.29) is 0 Å². The molecule has 0 atom stereocenters. The van der Waals surface area contributed by atoms with Crippen LogP contribution in [0.1, 0.15) is 37.7 Å². The molecule has 0 bridgehead atoms. The van der Waals surface area contributed by atoms with Gasteiger partial charge in [0.05, 0.1) is 0 Å². The lowest BCUT2D eigenvalue weighted by Crippen LogP contribution is -2.26. The molecule has 0 spiro atoms. The number of aryl methyl sites for hydroxylation is 1. The minimum Gasteiger partial charge on any atom is -0.508 e. The van der Waals surface area contributed by atoms with Gasteiger partial charge >= 0.3 is 0 Å². The van der Waals surface area contributed by atoms with Crippen LogP contribution in [-0.4, -0.2) is 29.6 Å². The second-order valence-corrected chi connectivity index (χ2v) is 5.03. The van der Waals surface area contributed by atoms with E-state index in [2.05, 4.69) is 11.0 Å². The summed E-state index contributed by atoms with van der Waals surface area (Å²) in [7, 11) is 0. The number of aromatic hydroxyl groups is 1. The molecule has 0 amide bonds. The summed E-state index contributed by atoms with van der Waals surface area (Å²) in [5, 5.41) is 9.39. The Hall–Kier alpha value is -1.02. The molecule has 17 heavy (non-hydrogen) atoms. The van der Waals surface area contributed by atoms with Gasteiger partial charge in [-0.25, -0.2) is 0 Å². The Morgan fingerprint density at radius 3 is 2.53 bits per heavy atom. The summed E-state index contributed by atoms with van der Waals surface area (Å²) in [6.07, 6.45) is 7.82. The van der Waals surface area contributed by atoms with E-state index in [9.17, 15) is 5.11 Å². The van der Waals surface area contributed by atoms with Crippen LogP contribution >= 0.6 is 0 Å². The lowest BCUT2D eigenvalue weighted by molar-refractivity contribution is 0.281. The van der Waals surface area contributed by atoms with Gasteiger partial charge in [-0.15, -0.1) is 0 Å². The smallest absolute Gasteiger partial charge is 0.115 e. The van der Waals surface area contributed by atoms with Gasteiger partial charge in [0.2, 0.25) is 0 Å². The van der Waals surface area contributed by atoms with Gasteiger partial charge in [0, 0.05) is 0 Å². The number of likely N-dealkylation sites (tertiary alicyclic amines) is 1. The molecule has 2 nitrogen and oxygen atoms in total. The third-order valence-electron chi connectivity index (χ3n) is 3.55. The van der Waals surface area contributed by atoms with Crippen LogP contribution in [-0.2, 0) is 6.42 Å². The molecular weight excluding hydrogens is 210 g/mol. The van der Waals surface area contributed by atoms with Crippen LogP contribution in [0.2, 0.25) is 0 Å². The summed E-state index contributed by atoms with van der Waals surface area (Å²) in [6.45, 7) is 3.76. The first kappa shape index (κ1) is 12.4. The van der Waals surface area contributed by atoms with E-state index < -0.39 is 0 Å². The molecule has 0 aromatic heterocycles. The van der Waals surface area contributed by atoms with Crippen LogP contribution < -0.4 is 0 Å². The van der Waals surface area contributed by atoms with Crippen molar-refractivity contribution < 1.29 is 5.11 Å². The predicted molar refractivity (Wildman–Crippen MR) is 71.3 cm³/mol. The van der Waals surface area contributed by atoms with Crippen molar-refractivity contribution in [1.82, 2.24) is 4.90 Å². The van der Waals surface area contributed by atoms with Gasteiger partial charge in [0.15, 0.2) is 0 Å². The zero-order valence-electron chi connectivity index (χ0n) is 10.6. The summed E-state index contributed by atoms with van der Waals surface area (Å²) < 4.78 is 0. The molecule has 0 saturated carbocycles. The first-order valence-electron chi connectivity index (χ1n) is 6.85. The number of hydrogen-bond acceptors (Lipinski definition) is 2. The number of phenolic OH excluding ortho intramolecular Hbond substituents is 1. The molecule has 2 heteroatoms. The second kappa shape index (κ2) is 6.65. The van der Waals surface area contributed by atoms with E-state index >= 15 is 0 Å². The number of rotatable bonds is 4. The van der Waals surface area contributed by atoms with Gasteiger partial charge in [0.1, 0.15) is 5.75 Å². The van der Waals surface area contributed by atoms with Crippen molar-refractivity contribution in [3.05, 3.63) is 29.8 Å². The van der Waals surface area contributed by atoms with E-state index in [1.54, 1.807) is 6.07 Å². The average molecular weight is 233 g/mol. The fourth-order valence-corrected chi connectivity index (χ4v) is 2.58. The Morgan fingerprint density at radius 1 is 1.06 bits per heavy atom. The average Bonchev–Trinajstić information content (AvgIpc) is 2.58. The molecule has 0 unspecified atom stereocenters. The second-order valence-electron chi connectivity index (χ2n) is 5.03. The minimum absolute atomic E-state index is 0.386. The molecule has 94 valence electrons. The maximum Gasteiger partial charge on any atom is 0.115 e.